The Hall–Kier alpha value is 0.270. The zero-order chi connectivity index (χ0) is 11.4. The SMILES string of the molecule is CC(C)C1CC(NC2CCCSC2)CCO1. The van der Waals surface area contributed by atoms with E-state index in [0.29, 0.717) is 18.1 Å². The van der Waals surface area contributed by atoms with Gasteiger partial charge in [0.1, 0.15) is 0 Å². The van der Waals surface area contributed by atoms with Gasteiger partial charge < -0.3 is 10.1 Å². The molecule has 0 radical (unpaired) electrons. The van der Waals surface area contributed by atoms with Crippen LogP contribution in [0.1, 0.15) is 39.5 Å². The second-order valence-electron chi connectivity index (χ2n) is 5.46. The van der Waals surface area contributed by atoms with Gasteiger partial charge in [0.2, 0.25) is 0 Å². The molecule has 0 bridgehead atoms. The van der Waals surface area contributed by atoms with Crippen LogP contribution in [0.5, 0.6) is 0 Å². The maximum Gasteiger partial charge on any atom is 0.0612 e. The number of hydrogen-bond donors (Lipinski definition) is 1. The van der Waals surface area contributed by atoms with Crippen LogP contribution in [0.3, 0.4) is 0 Å². The van der Waals surface area contributed by atoms with Gasteiger partial charge in [0.05, 0.1) is 6.10 Å². The molecule has 0 aromatic carbocycles. The van der Waals surface area contributed by atoms with E-state index in [9.17, 15) is 0 Å². The molecular weight excluding hydrogens is 218 g/mol. The van der Waals surface area contributed by atoms with Crippen molar-refractivity contribution in [3.8, 4) is 0 Å². The first-order valence-corrected chi connectivity index (χ1v) is 7.86. The molecule has 94 valence electrons. The van der Waals surface area contributed by atoms with Crippen LogP contribution in [-0.4, -0.2) is 36.3 Å². The number of nitrogens with one attached hydrogen (secondary N) is 1. The summed E-state index contributed by atoms with van der Waals surface area (Å²) in [5.41, 5.74) is 0. The summed E-state index contributed by atoms with van der Waals surface area (Å²) in [5.74, 6) is 3.33. The molecular formula is C13H25NOS. The summed E-state index contributed by atoms with van der Waals surface area (Å²) in [5, 5.41) is 3.84. The molecule has 0 amide bonds. The zero-order valence-electron chi connectivity index (χ0n) is 10.6. The highest BCUT2D eigenvalue weighted by Crippen LogP contribution is 2.23. The third kappa shape index (κ3) is 3.64. The topological polar surface area (TPSA) is 21.3 Å². The molecule has 1 N–H and O–H groups in total. The van der Waals surface area contributed by atoms with Crippen LogP contribution < -0.4 is 5.32 Å². The molecule has 2 nitrogen and oxygen atoms in total. The fraction of sp³-hybridized carbons (Fsp3) is 1.00. The Bertz CT molecular complexity index is 204. The second kappa shape index (κ2) is 6.27. The molecule has 3 atom stereocenters. The minimum absolute atomic E-state index is 0.475. The zero-order valence-corrected chi connectivity index (χ0v) is 11.4. The van der Waals surface area contributed by atoms with Crippen molar-refractivity contribution in [3.05, 3.63) is 0 Å². The lowest BCUT2D eigenvalue weighted by molar-refractivity contribution is -0.0257. The first-order valence-electron chi connectivity index (χ1n) is 6.71. The van der Waals surface area contributed by atoms with Gasteiger partial charge in [-0.05, 0) is 37.4 Å². The minimum Gasteiger partial charge on any atom is -0.378 e. The number of hydrogen-bond acceptors (Lipinski definition) is 3. The maximum absolute atomic E-state index is 5.81. The lowest BCUT2D eigenvalue weighted by Crippen LogP contribution is -2.46. The fourth-order valence-electron chi connectivity index (χ4n) is 2.65. The smallest absolute Gasteiger partial charge is 0.0612 e. The fourth-order valence-corrected chi connectivity index (χ4v) is 3.73. The van der Waals surface area contributed by atoms with Crippen LogP contribution in [0, 0.1) is 5.92 Å². The maximum atomic E-state index is 5.81. The Morgan fingerprint density at radius 3 is 2.81 bits per heavy atom. The molecule has 2 saturated heterocycles. The lowest BCUT2D eigenvalue weighted by atomic mass is 9.94. The molecule has 0 aliphatic carbocycles. The third-order valence-electron chi connectivity index (χ3n) is 3.69. The van der Waals surface area contributed by atoms with Crippen molar-refractivity contribution in [2.75, 3.05) is 18.1 Å². The van der Waals surface area contributed by atoms with E-state index in [2.05, 4.69) is 30.9 Å². The van der Waals surface area contributed by atoms with Gasteiger partial charge >= 0.3 is 0 Å². The standard InChI is InChI=1S/C13H25NOS/c1-10(2)13-8-11(5-6-15-13)14-12-4-3-7-16-9-12/h10-14H,3-9H2,1-2H3. The summed E-state index contributed by atoms with van der Waals surface area (Å²) in [6, 6.07) is 1.46. The molecule has 0 aromatic rings. The average molecular weight is 243 g/mol. The average Bonchev–Trinajstić information content (AvgIpc) is 2.30. The molecule has 2 rings (SSSR count). The Kier molecular flexibility index (Phi) is 4.98. The van der Waals surface area contributed by atoms with Gasteiger partial charge in [0.15, 0.2) is 0 Å². The van der Waals surface area contributed by atoms with Gasteiger partial charge in [-0.2, -0.15) is 11.8 Å². The summed E-state index contributed by atoms with van der Waals surface area (Å²) >= 11 is 2.10. The van der Waals surface area contributed by atoms with Gasteiger partial charge in [-0.3, -0.25) is 0 Å². The van der Waals surface area contributed by atoms with E-state index in [4.69, 9.17) is 4.74 Å². The van der Waals surface area contributed by atoms with Crippen LogP contribution in [-0.2, 0) is 4.74 Å². The number of rotatable bonds is 3. The minimum atomic E-state index is 0.475. The highest BCUT2D eigenvalue weighted by atomic mass is 32.2. The Morgan fingerprint density at radius 1 is 1.25 bits per heavy atom. The monoisotopic (exact) mass is 243 g/mol. The van der Waals surface area contributed by atoms with E-state index in [1.807, 2.05) is 0 Å². The highest BCUT2D eigenvalue weighted by molar-refractivity contribution is 7.99. The van der Waals surface area contributed by atoms with Crippen molar-refractivity contribution in [2.45, 2.75) is 57.7 Å². The Labute approximate surface area is 104 Å². The van der Waals surface area contributed by atoms with Crippen LogP contribution in [0.25, 0.3) is 0 Å². The van der Waals surface area contributed by atoms with Crippen LogP contribution in [0.4, 0.5) is 0 Å². The summed E-state index contributed by atoms with van der Waals surface area (Å²) in [7, 11) is 0. The molecule has 2 aliphatic heterocycles. The normalized spacial score (nSPS) is 36.6. The molecule has 0 aromatic heterocycles. The predicted octanol–water partition coefficient (Wildman–Crippen LogP) is 2.68. The van der Waals surface area contributed by atoms with Crippen molar-refractivity contribution >= 4 is 11.8 Å². The molecule has 2 fully saturated rings. The van der Waals surface area contributed by atoms with E-state index in [-0.39, 0.29) is 0 Å². The van der Waals surface area contributed by atoms with E-state index in [1.165, 1.54) is 37.2 Å². The largest absolute Gasteiger partial charge is 0.378 e. The summed E-state index contributed by atoms with van der Waals surface area (Å²) in [6.07, 6.45) is 5.64. The van der Waals surface area contributed by atoms with Crippen LogP contribution in [0.2, 0.25) is 0 Å². The number of thioether (sulfide) groups is 1. The first kappa shape index (κ1) is 12.7. The molecule has 0 saturated carbocycles. The van der Waals surface area contributed by atoms with Crippen LogP contribution >= 0.6 is 11.8 Å². The molecule has 16 heavy (non-hydrogen) atoms. The second-order valence-corrected chi connectivity index (χ2v) is 6.61. The van der Waals surface area contributed by atoms with Crippen LogP contribution in [0.15, 0.2) is 0 Å². The van der Waals surface area contributed by atoms with Crippen molar-refractivity contribution < 1.29 is 4.74 Å². The summed E-state index contributed by atoms with van der Waals surface area (Å²) in [6.45, 7) is 5.48. The predicted molar refractivity (Wildman–Crippen MR) is 71.1 cm³/mol. The number of ether oxygens (including phenoxy) is 1. The molecule has 3 unspecified atom stereocenters. The van der Waals surface area contributed by atoms with Crippen molar-refractivity contribution in [2.24, 2.45) is 5.92 Å². The molecule has 2 heterocycles. The molecule has 0 spiro atoms. The lowest BCUT2D eigenvalue weighted by Gasteiger charge is -2.35. The highest BCUT2D eigenvalue weighted by Gasteiger charge is 2.26. The molecule has 3 heteroatoms. The summed E-state index contributed by atoms with van der Waals surface area (Å²) in [4.78, 5) is 0. The van der Waals surface area contributed by atoms with Crippen molar-refractivity contribution in [1.82, 2.24) is 5.32 Å². The van der Waals surface area contributed by atoms with Crippen molar-refractivity contribution in [3.63, 3.8) is 0 Å². The van der Waals surface area contributed by atoms with Gasteiger partial charge in [-0.1, -0.05) is 13.8 Å². The van der Waals surface area contributed by atoms with Gasteiger partial charge in [-0.15, -0.1) is 0 Å². The third-order valence-corrected chi connectivity index (χ3v) is 4.91. The van der Waals surface area contributed by atoms with Gasteiger partial charge in [-0.25, -0.2) is 0 Å². The van der Waals surface area contributed by atoms with Crippen molar-refractivity contribution in [1.29, 1.82) is 0 Å². The first-order chi connectivity index (χ1) is 7.75. The van der Waals surface area contributed by atoms with Gasteiger partial charge in [0.25, 0.3) is 0 Å². The quantitative estimate of drug-likeness (QED) is 0.823. The Morgan fingerprint density at radius 2 is 2.12 bits per heavy atom. The van der Waals surface area contributed by atoms with E-state index >= 15 is 0 Å². The summed E-state index contributed by atoms with van der Waals surface area (Å²) < 4.78 is 5.81. The van der Waals surface area contributed by atoms with Gasteiger partial charge in [0, 0.05) is 24.4 Å². The molecule has 2 aliphatic rings. The van der Waals surface area contributed by atoms with E-state index in [1.54, 1.807) is 0 Å². The van der Waals surface area contributed by atoms with E-state index in [0.717, 1.165) is 12.6 Å². The van der Waals surface area contributed by atoms with E-state index < -0.39 is 0 Å². The Balaban J connectivity index is 1.75.